The lowest BCUT2D eigenvalue weighted by atomic mass is 10.1. The van der Waals surface area contributed by atoms with Crippen LogP contribution in [-0.4, -0.2) is 28.2 Å². The zero-order valence-corrected chi connectivity index (χ0v) is 13.6. The number of nitrogens with two attached hydrogens (primary N) is 1. The number of aliphatic imine (C=N–C) groups is 1. The van der Waals surface area contributed by atoms with Crippen LogP contribution >= 0.6 is 11.8 Å². The second kappa shape index (κ2) is 6.32. The number of amides is 1. The third kappa shape index (κ3) is 3.19. The Morgan fingerprint density at radius 2 is 2.20 bits per heavy atom. The fraction of sp³-hybridized carbons (Fsp3) is 0.0667. The maximum absolute atomic E-state index is 11.6. The molecule has 2 aromatic rings. The van der Waals surface area contributed by atoms with E-state index >= 15 is 0 Å². The summed E-state index contributed by atoms with van der Waals surface area (Å²) in [7, 11) is 1.29. The number of phenols is 1. The smallest absolute Gasteiger partial charge is 0.286 e. The molecule has 1 amide bonds. The number of thioether (sulfide) groups is 1. The van der Waals surface area contributed by atoms with E-state index in [1.54, 1.807) is 6.07 Å². The molecular formula is C15H11N3O6S. The zero-order chi connectivity index (χ0) is 18.1. The molecule has 128 valence electrons. The van der Waals surface area contributed by atoms with Crippen molar-refractivity contribution >= 4 is 34.6 Å². The monoisotopic (exact) mass is 361 g/mol. The predicted molar refractivity (Wildman–Crippen MR) is 91.2 cm³/mol. The number of carbonyl (C=O) groups is 1. The third-order valence-corrected chi connectivity index (χ3v) is 4.11. The minimum absolute atomic E-state index is 0.0526. The fourth-order valence-corrected chi connectivity index (χ4v) is 2.83. The number of rotatable bonds is 4. The average molecular weight is 361 g/mol. The van der Waals surface area contributed by atoms with Crippen molar-refractivity contribution in [2.45, 2.75) is 0 Å². The lowest BCUT2D eigenvalue weighted by Gasteiger charge is -2.07. The number of nitro benzene ring substituents is 1. The van der Waals surface area contributed by atoms with Crippen LogP contribution in [0.15, 0.2) is 38.6 Å². The van der Waals surface area contributed by atoms with E-state index in [2.05, 4.69) is 4.99 Å². The Hall–Kier alpha value is -3.27. The van der Waals surface area contributed by atoms with Crippen molar-refractivity contribution in [1.29, 1.82) is 0 Å². The molecule has 3 N–H and O–H groups in total. The highest BCUT2D eigenvalue weighted by Crippen LogP contribution is 2.41. The van der Waals surface area contributed by atoms with Gasteiger partial charge in [-0.05, 0) is 23.9 Å². The first-order valence-corrected chi connectivity index (χ1v) is 7.64. The van der Waals surface area contributed by atoms with Crippen LogP contribution in [-0.2, 0) is 4.79 Å². The quantitative estimate of drug-likeness (QED) is 0.480. The Labute approximate surface area is 144 Å². The molecule has 9 nitrogen and oxygen atoms in total. The van der Waals surface area contributed by atoms with Crippen LogP contribution in [0.25, 0.3) is 17.4 Å². The Morgan fingerprint density at radius 3 is 2.80 bits per heavy atom. The first kappa shape index (κ1) is 16.6. The van der Waals surface area contributed by atoms with Gasteiger partial charge in [0.05, 0.1) is 28.6 Å². The van der Waals surface area contributed by atoms with Gasteiger partial charge in [-0.3, -0.25) is 14.9 Å². The Kier molecular flexibility index (Phi) is 4.19. The lowest BCUT2D eigenvalue weighted by molar-refractivity contribution is -0.384. The number of nitro groups is 1. The number of amidine groups is 1. The summed E-state index contributed by atoms with van der Waals surface area (Å²) in [5, 5.41) is 21.4. The van der Waals surface area contributed by atoms with Gasteiger partial charge in [0.15, 0.2) is 16.7 Å². The Balaban J connectivity index is 2.00. The summed E-state index contributed by atoms with van der Waals surface area (Å²) in [5.74, 6) is -0.333. The van der Waals surface area contributed by atoms with E-state index in [-0.39, 0.29) is 33.7 Å². The van der Waals surface area contributed by atoms with Crippen molar-refractivity contribution in [3.63, 3.8) is 0 Å². The molecule has 1 aromatic heterocycles. The van der Waals surface area contributed by atoms with E-state index in [9.17, 15) is 20.0 Å². The Morgan fingerprint density at radius 1 is 1.44 bits per heavy atom. The number of hydrogen-bond acceptors (Lipinski definition) is 8. The largest absolute Gasteiger partial charge is 0.504 e. The summed E-state index contributed by atoms with van der Waals surface area (Å²) >= 11 is 1.01. The molecular weight excluding hydrogens is 350 g/mol. The van der Waals surface area contributed by atoms with E-state index in [4.69, 9.17) is 14.9 Å². The van der Waals surface area contributed by atoms with Crippen LogP contribution in [0.4, 0.5) is 5.69 Å². The van der Waals surface area contributed by atoms with Gasteiger partial charge in [-0.1, -0.05) is 0 Å². The van der Waals surface area contributed by atoms with Gasteiger partial charge in [0.1, 0.15) is 11.5 Å². The first-order chi connectivity index (χ1) is 11.9. The highest BCUT2D eigenvalue weighted by molar-refractivity contribution is 8.18. The molecule has 3 rings (SSSR count). The molecule has 0 saturated heterocycles. The first-order valence-electron chi connectivity index (χ1n) is 6.82. The predicted octanol–water partition coefficient (Wildman–Crippen LogP) is 2.50. The zero-order valence-electron chi connectivity index (χ0n) is 12.8. The minimum Gasteiger partial charge on any atom is -0.504 e. The number of nitrogens with zero attached hydrogens (tertiary/aromatic N) is 2. The summed E-state index contributed by atoms with van der Waals surface area (Å²) in [6, 6.07) is 5.34. The minimum atomic E-state index is -0.606. The molecule has 25 heavy (non-hydrogen) atoms. The van der Waals surface area contributed by atoms with E-state index in [1.807, 2.05) is 0 Å². The summed E-state index contributed by atoms with van der Waals surface area (Å²) in [4.78, 5) is 25.9. The van der Waals surface area contributed by atoms with Crippen LogP contribution < -0.4 is 10.5 Å². The molecule has 0 radical (unpaired) electrons. The van der Waals surface area contributed by atoms with E-state index in [0.29, 0.717) is 10.7 Å². The standard InChI is InChI=1S/C15H11N3O6S/c1-23-11-5-7(18(21)22)4-9(13(11)19)10-3-2-8(24-10)6-12-14(20)17-15(16)25-12/h2-6,19H,1H3,(H2,16,17,20)/b12-6+. The molecule has 0 bridgehead atoms. The van der Waals surface area contributed by atoms with Gasteiger partial charge >= 0.3 is 0 Å². The normalized spacial score (nSPS) is 15.5. The molecule has 1 aromatic carbocycles. The molecule has 10 heteroatoms. The van der Waals surface area contributed by atoms with E-state index < -0.39 is 10.8 Å². The summed E-state index contributed by atoms with van der Waals surface area (Å²) < 4.78 is 10.5. The van der Waals surface area contributed by atoms with Gasteiger partial charge in [0.2, 0.25) is 0 Å². The van der Waals surface area contributed by atoms with E-state index in [1.165, 1.54) is 25.3 Å². The molecule has 0 atom stereocenters. The molecule has 1 aliphatic rings. The maximum atomic E-state index is 11.6. The molecule has 0 saturated carbocycles. The lowest BCUT2D eigenvalue weighted by Crippen LogP contribution is -2.01. The van der Waals surface area contributed by atoms with Crippen molar-refractivity contribution in [1.82, 2.24) is 0 Å². The van der Waals surface area contributed by atoms with Gasteiger partial charge in [0.25, 0.3) is 11.6 Å². The second-order valence-corrected chi connectivity index (χ2v) is 5.93. The summed E-state index contributed by atoms with van der Waals surface area (Å²) in [5.41, 5.74) is 5.31. The molecule has 2 heterocycles. The molecule has 0 aliphatic carbocycles. The van der Waals surface area contributed by atoms with Crippen molar-refractivity contribution < 1.29 is 24.0 Å². The van der Waals surface area contributed by atoms with Crippen molar-refractivity contribution in [2.75, 3.05) is 7.11 Å². The number of aromatic hydroxyl groups is 1. The summed E-state index contributed by atoms with van der Waals surface area (Å²) in [6.45, 7) is 0. The van der Waals surface area contributed by atoms with Gasteiger partial charge in [-0.15, -0.1) is 0 Å². The third-order valence-electron chi connectivity index (χ3n) is 3.29. The highest BCUT2D eigenvalue weighted by Gasteiger charge is 2.22. The van der Waals surface area contributed by atoms with Crippen LogP contribution in [0.2, 0.25) is 0 Å². The highest BCUT2D eigenvalue weighted by atomic mass is 32.2. The topological polar surface area (TPSA) is 141 Å². The SMILES string of the molecule is COc1cc([N+](=O)[O-])cc(-c2ccc(/C=C3/SC(N)=NC3=O)o2)c1O. The molecule has 0 spiro atoms. The van der Waals surface area contributed by atoms with Gasteiger partial charge in [-0.25, -0.2) is 0 Å². The van der Waals surface area contributed by atoms with Crippen LogP contribution in [0.1, 0.15) is 5.76 Å². The average Bonchev–Trinajstić information content (AvgIpc) is 3.14. The number of hydrogen-bond donors (Lipinski definition) is 2. The maximum Gasteiger partial charge on any atom is 0.286 e. The fourth-order valence-electron chi connectivity index (χ4n) is 2.17. The second-order valence-electron chi connectivity index (χ2n) is 4.87. The van der Waals surface area contributed by atoms with E-state index in [0.717, 1.165) is 17.8 Å². The van der Waals surface area contributed by atoms with Crippen molar-refractivity contribution in [2.24, 2.45) is 10.7 Å². The van der Waals surface area contributed by atoms with Crippen LogP contribution in [0.3, 0.4) is 0 Å². The number of ether oxygens (including phenoxy) is 1. The molecule has 0 fully saturated rings. The summed E-state index contributed by atoms with van der Waals surface area (Å²) in [6.07, 6.45) is 1.45. The Bertz CT molecular complexity index is 947. The number of carbonyl (C=O) groups excluding carboxylic acids is 1. The van der Waals surface area contributed by atoms with Crippen molar-refractivity contribution in [3.05, 3.63) is 45.0 Å². The van der Waals surface area contributed by atoms with Crippen LogP contribution in [0, 0.1) is 10.1 Å². The number of methoxy groups -OCH3 is 1. The van der Waals surface area contributed by atoms with Crippen LogP contribution in [0.5, 0.6) is 11.5 Å². The number of non-ortho nitro benzene ring substituents is 1. The number of phenolic OH excluding ortho intramolecular Hbond substituents is 1. The molecule has 0 unspecified atom stereocenters. The van der Waals surface area contributed by atoms with Gasteiger partial charge in [0, 0.05) is 12.1 Å². The van der Waals surface area contributed by atoms with Crippen molar-refractivity contribution in [3.8, 4) is 22.8 Å². The number of furan rings is 1. The van der Waals surface area contributed by atoms with Gasteiger partial charge < -0.3 is 20.0 Å². The van der Waals surface area contributed by atoms with Gasteiger partial charge in [-0.2, -0.15) is 4.99 Å². The molecule has 1 aliphatic heterocycles. The number of benzene rings is 1.